The van der Waals surface area contributed by atoms with Crippen LogP contribution in [0.2, 0.25) is 0 Å². The summed E-state index contributed by atoms with van der Waals surface area (Å²) >= 11 is 0. The first-order chi connectivity index (χ1) is 13.5. The topological polar surface area (TPSA) is 57.6 Å². The summed E-state index contributed by atoms with van der Waals surface area (Å²) in [5.74, 6) is 0.581. The number of hydrogen-bond donors (Lipinski definition) is 1. The van der Waals surface area contributed by atoms with Crippen LogP contribution in [0.3, 0.4) is 0 Å². The quantitative estimate of drug-likeness (QED) is 0.654. The molecule has 1 fully saturated rings. The summed E-state index contributed by atoms with van der Waals surface area (Å²) in [4.78, 5) is 26.1. The molecule has 1 heterocycles. The van der Waals surface area contributed by atoms with E-state index < -0.39 is 5.97 Å². The van der Waals surface area contributed by atoms with Crippen molar-refractivity contribution in [3.8, 4) is 0 Å². The van der Waals surface area contributed by atoms with Gasteiger partial charge in [0.15, 0.2) is 0 Å². The van der Waals surface area contributed by atoms with E-state index in [1.54, 1.807) is 0 Å². The fraction of sp³-hybridized carbons (Fsp3) is 0.667. The van der Waals surface area contributed by atoms with Crippen molar-refractivity contribution in [2.45, 2.75) is 90.5 Å². The molecule has 0 spiro atoms. The van der Waals surface area contributed by atoms with Crippen molar-refractivity contribution in [1.29, 1.82) is 0 Å². The Morgan fingerprint density at radius 1 is 1.14 bits per heavy atom. The minimum atomic E-state index is -0.740. The molecule has 2 aliphatic rings. The number of aryl methyl sites for hydroxylation is 1. The second-order valence-electron chi connectivity index (χ2n) is 8.83. The Morgan fingerprint density at radius 2 is 1.89 bits per heavy atom. The minimum Gasteiger partial charge on any atom is -0.481 e. The van der Waals surface area contributed by atoms with Gasteiger partial charge in [-0.2, -0.15) is 0 Å². The summed E-state index contributed by atoms with van der Waals surface area (Å²) in [5.41, 5.74) is 3.50. The molecule has 0 radical (unpaired) electrons. The zero-order chi connectivity index (χ0) is 20.1. The highest BCUT2D eigenvalue weighted by molar-refractivity contribution is 5.97. The van der Waals surface area contributed by atoms with Crippen LogP contribution in [0.25, 0.3) is 0 Å². The molecule has 28 heavy (non-hydrogen) atoms. The molecule has 154 valence electrons. The number of nitrogens with zero attached hydrogens (tertiary/aromatic N) is 1. The molecular formula is C24H35NO3. The summed E-state index contributed by atoms with van der Waals surface area (Å²) < 4.78 is 0. The lowest BCUT2D eigenvalue weighted by Crippen LogP contribution is -2.41. The Labute approximate surface area is 169 Å². The summed E-state index contributed by atoms with van der Waals surface area (Å²) in [6.45, 7) is 4.40. The number of carbonyl (C=O) groups excluding carboxylic acids is 1. The molecular weight excluding hydrogens is 350 g/mol. The highest BCUT2D eigenvalue weighted by Gasteiger charge is 2.36. The van der Waals surface area contributed by atoms with E-state index in [0.29, 0.717) is 12.3 Å². The second kappa shape index (κ2) is 9.58. The molecule has 4 nitrogen and oxygen atoms in total. The van der Waals surface area contributed by atoms with Crippen LogP contribution in [0.15, 0.2) is 18.2 Å². The SMILES string of the molecule is CCCCC1CCC(C(=O)N2c3ccc(CCCC(=O)O)cc3CC2C)CC1. The number of unbranched alkanes of at least 4 members (excludes halogenated alkanes) is 1. The first kappa shape index (κ1) is 20.9. The van der Waals surface area contributed by atoms with Gasteiger partial charge in [0.1, 0.15) is 0 Å². The molecule has 1 aromatic rings. The molecule has 1 amide bonds. The van der Waals surface area contributed by atoms with Gasteiger partial charge in [-0.15, -0.1) is 0 Å². The van der Waals surface area contributed by atoms with Gasteiger partial charge in [-0.3, -0.25) is 9.59 Å². The van der Waals surface area contributed by atoms with Crippen LogP contribution in [-0.2, 0) is 22.4 Å². The van der Waals surface area contributed by atoms with Crippen molar-refractivity contribution in [1.82, 2.24) is 0 Å². The van der Waals surface area contributed by atoms with Crippen LogP contribution in [-0.4, -0.2) is 23.0 Å². The van der Waals surface area contributed by atoms with E-state index in [-0.39, 0.29) is 18.4 Å². The predicted molar refractivity (Wildman–Crippen MR) is 113 cm³/mol. The first-order valence-corrected chi connectivity index (χ1v) is 11.2. The Hall–Kier alpha value is -1.84. The van der Waals surface area contributed by atoms with Crippen LogP contribution in [0.4, 0.5) is 5.69 Å². The summed E-state index contributed by atoms with van der Waals surface area (Å²) in [7, 11) is 0. The molecule has 1 saturated carbocycles. The number of benzene rings is 1. The van der Waals surface area contributed by atoms with Gasteiger partial charge in [0.2, 0.25) is 5.91 Å². The molecule has 3 rings (SSSR count). The Kier molecular flexibility index (Phi) is 7.14. The molecule has 1 aromatic carbocycles. The van der Waals surface area contributed by atoms with Crippen molar-refractivity contribution in [2.75, 3.05) is 4.90 Å². The van der Waals surface area contributed by atoms with Crippen molar-refractivity contribution >= 4 is 17.6 Å². The van der Waals surface area contributed by atoms with E-state index in [9.17, 15) is 9.59 Å². The van der Waals surface area contributed by atoms with Crippen molar-refractivity contribution < 1.29 is 14.7 Å². The molecule has 0 bridgehead atoms. The zero-order valence-electron chi connectivity index (χ0n) is 17.5. The van der Waals surface area contributed by atoms with E-state index in [4.69, 9.17) is 5.11 Å². The third-order valence-electron chi connectivity index (χ3n) is 6.61. The molecule has 0 aromatic heterocycles. The van der Waals surface area contributed by atoms with Gasteiger partial charge >= 0.3 is 5.97 Å². The number of hydrogen-bond acceptors (Lipinski definition) is 2. The van der Waals surface area contributed by atoms with Gasteiger partial charge in [-0.25, -0.2) is 0 Å². The number of amides is 1. The number of carbonyl (C=O) groups is 2. The van der Waals surface area contributed by atoms with E-state index in [0.717, 1.165) is 37.3 Å². The van der Waals surface area contributed by atoms with E-state index in [1.807, 2.05) is 4.90 Å². The van der Waals surface area contributed by atoms with Crippen molar-refractivity contribution in [3.63, 3.8) is 0 Å². The Bertz CT molecular complexity index is 691. The molecule has 1 atom stereocenters. The Morgan fingerprint density at radius 3 is 2.57 bits per heavy atom. The monoisotopic (exact) mass is 385 g/mol. The van der Waals surface area contributed by atoms with Crippen LogP contribution in [0, 0.1) is 11.8 Å². The summed E-state index contributed by atoms with van der Waals surface area (Å²) in [5, 5.41) is 8.82. The molecule has 4 heteroatoms. The van der Waals surface area contributed by atoms with Gasteiger partial charge in [0.25, 0.3) is 0 Å². The highest BCUT2D eigenvalue weighted by atomic mass is 16.4. The van der Waals surface area contributed by atoms with Crippen LogP contribution in [0.1, 0.15) is 82.8 Å². The molecule has 1 aliphatic heterocycles. The fourth-order valence-corrected chi connectivity index (χ4v) is 5.01. The lowest BCUT2D eigenvalue weighted by Gasteiger charge is -2.32. The molecule has 0 saturated heterocycles. The molecule has 1 aliphatic carbocycles. The standard InChI is InChI=1S/C24H35NO3/c1-3-4-6-18-9-12-20(13-10-18)24(28)25-17(2)15-21-16-19(11-14-22(21)25)7-5-8-23(26)27/h11,14,16-18,20H,3-10,12-13,15H2,1-2H3,(H,26,27). The molecule has 1 unspecified atom stereocenters. The average Bonchev–Trinajstić information content (AvgIpc) is 3.01. The molecule has 1 N–H and O–H groups in total. The van der Waals surface area contributed by atoms with Crippen LogP contribution < -0.4 is 4.90 Å². The van der Waals surface area contributed by atoms with Gasteiger partial charge in [0, 0.05) is 24.1 Å². The average molecular weight is 386 g/mol. The number of carboxylic acid groups (broad SMARTS) is 1. The second-order valence-corrected chi connectivity index (χ2v) is 8.83. The van der Waals surface area contributed by atoms with Crippen LogP contribution >= 0.6 is 0 Å². The number of aliphatic carboxylic acids is 1. The maximum atomic E-state index is 13.3. The van der Waals surface area contributed by atoms with Crippen LogP contribution in [0.5, 0.6) is 0 Å². The smallest absolute Gasteiger partial charge is 0.303 e. The third-order valence-corrected chi connectivity index (χ3v) is 6.61. The van der Waals surface area contributed by atoms with Crippen molar-refractivity contribution in [3.05, 3.63) is 29.3 Å². The van der Waals surface area contributed by atoms with Gasteiger partial charge < -0.3 is 10.0 Å². The lowest BCUT2D eigenvalue weighted by molar-refractivity contribution is -0.137. The first-order valence-electron chi connectivity index (χ1n) is 11.2. The summed E-state index contributed by atoms with van der Waals surface area (Å²) in [6, 6.07) is 6.55. The number of anilines is 1. The third kappa shape index (κ3) is 4.95. The fourth-order valence-electron chi connectivity index (χ4n) is 5.01. The normalized spacial score (nSPS) is 24.2. The minimum absolute atomic E-state index is 0.182. The van der Waals surface area contributed by atoms with Gasteiger partial charge in [0.05, 0.1) is 0 Å². The number of carboxylic acids is 1. The van der Waals surface area contributed by atoms with Gasteiger partial charge in [-0.05, 0) is 75.0 Å². The van der Waals surface area contributed by atoms with E-state index >= 15 is 0 Å². The lowest BCUT2D eigenvalue weighted by atomic mass is 9.79. The maximum Gasteiger partial charge on any atom is 0.303 e. The predicted octanol–water partition coefficient (Wildman–Crippen LogP) is 5.37. The van der Waals surface area contributed by atoms with E-state index in [1.165, 1.54) is 43.2 Å². The van der Waals surface area contributed by atoms with Gasteiger partial charge in [-0.1, -0.05) is 38.3 Å². The van der Waals surface area contributed by atoms with Crippen molar-refractivity contribution in [2.24, 2.45) is 11.8 Å². The van der Waals surface area contributed by atoms with E-state index in [2.05, 4.69) is 32.0 Å². The largest absolute Gasteiger partial charge is 0.481 e. The highest BCUT2D eigenvalue weighted by Crippen LogP contribution is 2.38. The number of fused-ring (bicyclic) bond motifs is 1. The zero-order valence-corrected chi connectivity index (χ0v) is 17.5. The summed E-state index contributed by atoms with van der Waals surface area (Å²) in [6.07, 6.45) is 10.9. The Balaban J connectivity index is 1.61. The maximum absolute atomic E-state index is 13.3. The number of rotatable bonds is 8.